The van der Waals surface area contributed by atoms with Crippen molar-refractivity contribution in [2.75, 3.05) is 24.5 Å². The first-order chi connectivity index (χ1) is 20.5. The number of hydrogen-bond donors (Lipinski definition) is 0. The summed E-state index contributed by atoms with van der Waals surface area (Å²) in [5.74, 6) is -0.576. The fourth-order valence-corrected chi connectivity index (χ4v) is 6.34. The molecular formula is C32H29ClFN5O4. The van der Waals surface area contributed by atoms with Gasteiger partial charge in [0.1, 0.15) is 17.2 Å². The Morgan fingerprint density at radius 1 is 1.19 bits per heavy atom. The van der Waals surface area contributed by atoms with Crippen LogP contribution in [0.2, 0.25) is 5.02 Å². The number of carbonyl (C=O) groups is 1. The number of nitrogens with zero attached hydrogens (tertiary/aromatic N) is 5. The van der Waals surface area contributed by atoms with Gasteiger partial charge >= 0.3 is 11.3 Å². The quantitative estimate of drug-likeness (QED) is 0.153. The van der Waals surface area contributed by atoms with Crippen LogP contribution >= 0.6 is 11.6 Å². The van der Waals surface area contributed by atoms with E-state index in [0.717, 1.165) is 5.56 Å². The van der Waals surface area contributed by atoms with Gasteiger partial charge in [0, 0.05) is 48.0 Å². The number of carbonyl (C=O) groups excluding carboxylic acids is 1. The molecule has 6 rings (SSSR count). The summed E-state index contributed by atoms with van der Waals surface area (Å²) < 4.78 is 22.7. The third-order valence-electron chi connectivity index (χ3n) is 8.05. The number of anilines is 1. The van der Waals surface area contributed by atoms with Crippen LogP contribution in [0.1, 0.15) is 37.9 Å². The van der Waals surface area contributed by atoms with Crippen LogP contribution in [0.4, 0.5) is 10.2 Å². The molecular weight excluding hydrogens is 573 g/mol. The monoisotopic (exact) mass is 601 g/mol. The Kier molecular flexibility index (Phi) is 7.04. The molecule has 0 unspecified atom stereocenters. The van der Waals surface area contributed by atoms with Crippen molar-refractivity contribution >= 4 is 56.0 Å². The topological polar surface area (TPSA) is 102 Å². The van der Waals surface area contributed by atoms with Crippen molar-refractivity contribution in [3.63, 3.8) is 0 Å². The molecule has 1 atom stereocenters. The predicted molar refractivity (Wildman–Crippen MR) is 166 cm³/mol. The minimum absolute atomic E-state index is 0.00919. The number of pyridine rings is 1. The second-order valence-corrected chi connectivity index (χ2v) is 11.5. The first-order valence-corrected chi connectivity index (χ1v) is 14.3. The smallest absolute Gasteiger partial charge is 0.354 e. The zero-order chi connectivity index (χ0) is 30.7. The predicted octanol–water partition coefficient (Wildman–Crippen LogP) is 5.49. The van der Waals surface area contributed by atoms with Crippen molar-refractivity contribution < 1.29 is 13.6 Å². The Bertz CT molecular complexity index is 2100. The van der Waals surface area contributed by atoms with Crippen LogP contribution in [0.25, 0.3) is 38.3 Å². The van der Waals surface area contributed by atoms with Crippen molar-refractivity contribution in [1.82, 2.24) is 19.4 Å². The van der Waals surface area contributed by atoms with Gasteiger partial charge in [0.2, 0.25) is 5.91 Å². The van der Waals surface area contributed by atoms with Gasteiger partial charge in [-0.25, -0.2) is 14.0 Å². The highest BCUT2D eigenvalue weighted by Crippen LogP contribution is 2.40. The number of piperazine rings is 1. The van der Waals surface area contributed by atoms with Gasteiger partial charge in [-0.3, -0.25) is 14.3 Å². The van der Waals surface area contributed by atoms with Gasteiger partial charge in [0.25, 0.3) is 0 Å². The highest BCUT2D eigenvalue weighted by molar-refractivity contribution is 6.39. The van der Waals surface area contributed by atoms with Gasteiger partial charge in [-0.2, -0.15) is 4.98 Å². The molecule has 220 valence electrons. The van der Waals surface area contributed by atoms with Crippen LogP contribution in [0.5, 0.6) is 0 Å². The fraction of sp³-hybridized carbons (Fsp3) is 0.281. The molecule has 0 aliphatic carbocycles. The molecule has 0 saturated carbocycles. The normalized spacial score (nSPS) is 15.7. The first kappa shape index (κ1) is 28.5. The second kappa shape index (κ2) is 10.6. The van der Waals surface area contributed by atoms with Gasteiger partial charge in [-0.1, -0.05) is 38.1 Å². The standard InChI is InChI=1S/C32H29ClFN5O4/c1-6-23(40)37-12-13-38(18(5)15-37)30-20-14-21(33)25-24-19(8-7-9-22(24)34)31(41)43-29(25)28(20)39(32(42)36-30)27-17(4)10-11-35-26(27)16(2)3/h6-11,14,16,18H,1,12-13,15H2,2-5H3/t18-/m0/s1. The Balaban J connectivity index is 1.79. The number of rotatable bonds is 4. The van der Waals surface area contributed by atoms with Crippen LogP contribution < -0.4 is 16.2 Å². The van der Waals surface area contributed by atoms with E-state index in [-0.39, 0.29) is 50.1 Å². The maximum Gasteiger partial charge on any atom is 0.354 e. The lowest BCUT2D eigenvalue weighted by Crippen LogP contribution is -2.54. The maximum atomic E-state index is 15.4. The Morgan fingerprint density at radius 2 is 1.95 bits per heavy atom. The number of aryl methyl sites for hydroxylation is 1. The molecule has 1 aliphatic rings. The van der Waals surface area contributed by atoms with E-state index in [0.29, 0.717) is 42.2 Å². The summed E-state index contributed by atoms with van der Waals surface area (Å²) in [7, 11) is 0. The molecule has 2 aromatic carbocycles. The van der Waals surface area contributed by atoms with Gasteiger partial charge in [-0.15, -0.1) is 0 Å². The summed E-state index contributed by atoms with van der Waals surface area (Å²) in [5, 5.41) is 0.789. The lowest BCUT2D eigenvalue weighted by molar-refractivity contribution is -0.126. The van der Waals surface area contributed by atoms with Crippen LogP contribution in [0.15, 0.2) is 63.2 Å². The van der Waals surface area contributed by atoms with E-state index in [1.54, 1.807) is 23.2 Å². The van der Waals surface area contributed by atoms with E-state index in [1.807, 2.05) is 32.6 Å². The van der Waals surface area contributed by atoms with Crippen molar-refractivity contribution in [2.45, 2.75) is 39.7 Å². The molecule has 3 aromatic heterocycles. The van der Waals surface area contributed by atoms with Gasteiger partial charge in [0.05, 0.1) is 21.8 Å². The first-order valence-electron chi connectivity index (χ1n) is 14.0. The van der Waals surface area contributed by atoms with Crippen molar-refractivity contribution in [3.05, 3.63) is 92.2 Å². The van der Waals surface area contributed by atoms with Crippen LogP contribution in [-0.2, 0) is 4.79 Å². The highest BCUT2D eigenvalue weighted by Gasteiger charge is 2.31. The number of amides is 1. The molecule has 11 heteroatoms. The highest BCUT2D eigenvalue weighted by atomic mass is 35.5. The van der Waals surface area contributed by atoms with Gasteiger partial charge < -0.3 is 14.2 Å². The molecule has 0 N–H and O–H groups in total. The zero-order valence-corrected chi connectivity index (χ0v) is 24.9. The molecule has 1 amide bonds. The van der Waals surface area contributed by atoms with Gasteiger partial charge in [0.15, 0.2) is 5.58 Å². The van der Waals surface area contributed by atoms with E-state index in [2.05, 4.69) is 16.5 Å². The van der Waals surface area contributed by atoms with Crippen LogP contribution in [-0.4, -0.2) is 51.0 Å². The summed E-state index contributed by atoms with van der Waals surface area (Å²) in [6, 6.07) is 7.35. The SMILES string of the molecule is C=CC(=O)N1CCN(c2nc(=O)n(-c3c(C)ccnc3C(C)C)c3c2cc(Cl)c2c3oc(=O)c3cccc(F)c32)[C@@H](C)C1. The minimum atomic E-state index is -0.764. The maximum absolute atomic E-state index is 15.4. The fourth-order valence-electron chi connectivity index (χ4n) is 6.05. The third kappa shape index (κ3) is 4.48. The molecule has 1 saturated heterocycles. The van der Waals surface area contributed by atoms with E-state index in [4.69, 9.17) is 16.0 Å². The van der Waals surface area contributed by atoms with Crippen molar-refractivity contribution in [3.8, 4) is 5.69 Å². The molecule has 9 nitrogen and oxygen atoms in total. The largest absolute Gasteiger partial charge is 0.420 e. The summed E-state index contributed by atoms with van der Waals surface area (Å²) >= 11 is 6.88. The Morgan fingerprint density at radius 3 is 2.65 bits per heavy atom. The van der Waals surface area contributed by atoms with Crippen molar-refractivity contribution in [1.29, 1.82) is 0 Å². The average molecular weight is 602 g/mol. The van der Waals surface area contributed by atoms with Gasteiger partial charge in [-0.05, 0) is 55.7 Å². The van der Waals surface area contributed by atoms with E-state index in [9.17, 15) is 14.4 Å². The Labute approximate surface area is 250 Å². The number of fused-ring (bicyclic) bond motifs is 5. The number of aromatic nitrogens is 3. The third-order valence-corrected chi connectivity index (χ3v) is 8.35. The average Bonchev–Trinajstić information content (AvgIpc) is 2.97. The molecule has 4 heterocycles. The lowest BCUT2D eigenvalue weighted by atomic mass is 10.0. The van der Waals surface area contributed by atoms with Crippen molar-refractivity contribution in [2.24, 2.45) is 0 Å². The molecule has 5 aromatic rings. The number of halogens is 2. The zero-order valence-electron chi connectivity index (χ0n) is 24.1. The van der Waals surface area contributed by atoms with E-state index >= 15 is 4.39 Å². The minimum Gasteiger partial charge on any atom is -0.420 e. The Hall–Kier alpha value is -4.57. The van der Waals surface area contributed by atoms with E-state index < -0.39 is 17.1 Å². The molecule has 0 bridgehead atoms. The summed E-state index contributed by atoms with van der Waals surface area (Å²) in [4.78, 5) is 52.6. The molecule has 0 spiro atoms. The second-order valence-electron chi connectivity index (χ2n) is 11.1. The number of benzene rings is 2. The summed E-state index contributed by atoms with van der Waals surface area (Å²) in [6.45, 7) is 12.4. The summed E-state index contributed by atoms with van der Waals surface area (Å²) in [6.07, 6.45) is 2.95. The lowest BCUT2D eigenvalue weighted by Gasteiger charge is -2.40. The molecule has 0 radical (unpaired) electrons. The molecule has 43 heavy (non-hydrogen) atoms. The van der Waals surface area contributed by atoms with E-state index in [1.165, 1.54) is 28.8 Å². The molecule has 1 fully saturated rings. The molecule has 1 aliphatic heterocycles. The number of hydrogen-bond acceptors (Lipinski definition) is 7. The van der Waals surface area contributed by atoms with Crippen LogP contribution in [0, 0.1) is 12.7 Å². The summed E-state index contributed by atoms with van der Waals surface area (Å²) in [5.41, 5.74) is 0.695. The van der Waals surface area contributed by atoms with Crippen LogP contribution in [0.3, 0.4) is 0 Å².